The van der Waals surface area contributed by atoms with Crippen LogP contribution in [-0.4, -0.2) is 22.0 Å². The van der Waals surface area contributed by atoms with Gasteiger partial charge in [0.1, 0.15) is 0 Å². The molecule has 0 aliphatic carbocycles. The molecular formula is C19H15N3O3. The lowest BCUT2D eigenvalue weighted by atomic mass is 10.0. The zero-order chi connectivity index (χ0) is 17.8. The van der Waals surface area contributed by atoms with Crippen molar-refractivity contribution in [2.75, 3.05) is 11.1 Å². The van der Waals surface area contributed by atoms with E-state index >= 15 is 0 Å². The SMILES string of the molecule is Nc1ccc(-c2ccc(C(=O)O)cc2)cc1NC(=O)c1cccnc1. The first-order valence-corrected chi connectivity index (χ1v) is 7.49. The number of anilines is 2. The summed E-state index contributed by atoms with van der Waals surface area (Å²) < 4.78 is 0. The summed E-state index contributed by atoms with van der Waals surface area (Å²) in [7, 11) is 0. The van der Waals surface area contributed by atoms with Crippen LogP contribution >= 0.6 is 0 Å². The van der Waals surface area contributed by atoms with Crippen LogP contribution in [0.2, 0.25) is 0 Å². The fourth-order valence-corrected chi connectivity index (χ4v) is 2.34. The molecule has 0 radical (unpaired) electrons. The largest absolute Gasteiger partial charge is 0.478 e. The van der Waals surface area contributed by atoms with Crippen LogP contribution in [-0.2, 0) is 0 Å². The Morgan fingerprint density at radius 2 is 1.68 bits per heavy atom. The first-order chi connectivity index (χ1) is 12.0. The van der Waals surface area contributed by atoms with Crippen LogP contribution in [0, 0.1) is 0 Å². The summed E-state index contributed by atoms with van der Waals surface area (Å²) in [6, 6.07) is 15.1. The second-order valence-corrected chi connectivity index (χ2v) is 5.38. The van der Waals surface area contributed by atoms with Crippen LogP contribution in [0.3, 0.4) is 0 Å². The zero-order valence-corrected chi connectivity index (χ0v) is 13.1. The molecule has 0 fully saturated rings. The third-order valence-electron chi connectivity index (χ3n) is 3.69. The minimum Gasteiger partial charge on any atom is -0.478 e. The zero-order valence-electron chi connectivity index (χ0n) is 13.1. The minimum atomic E-state index is -0.978. The summed E-state index contributed by atoms with van der Waals surface area (Å²) in [5, 5.41) is 11.7. The fraction of sp³-hybridized carbons (Fsp3) is 0. The van der Waals surface area contributed by atoms with E-state index in [0.29, 0.717) is 16.9 Å². The van der Waals surface area contributed by atoms with Gasteiger partial charge >= 0.3 is 5.97 Å². The second-order valence-electron chi connectivity index (χ2n) is 5.38. The van der Waals surface area contributed by atoms with Crippen molar-refractivity contribution in [1.29, 1.82) is 0 Å². The first-order valence-electron chi connectivity index (χ1n) is 7.49. The third-order valence-corrected chi connectivity index (χ3v) is 3.69. The number of pyridine rings is 1. The maximum Gasteiger partial charge on any atom is 0.335 e. The van der Waals surface area contributed by atoms with E-state index in [0.717, 1.165) is 11.1 Å². The van der Waals surface area contributed by atoms with E-state index in [1.165, 1.54) is 18.3 Å². The monoisotopic (exact) mass is 333 g/mol. The Kier molecular flexibility index (Phi) is 4.43. The Labute approximate surface area is 144 Å². The maximum atomic E-state index is 12.3. The Balaban J connectivity index is 1.88. The molecule has 0 unspecified atom stereocenters. The summed E-state index contributed by atoms with van der Waals surface area (Å²) in [6.07, 6.45) is 3.06. The van der Waals surface area contributed by atoms with E-state index in [9.17, 15) is 9.59 Å². The number of benzene rings is 2. The number of carboxylic acids is 1. The molecule has 6 heteroatoms. The summed E-state index contributed by atoms with van der Waals surface area (Å²) in [5.74, 6) is -1.29. The Morgan fingerprint density at radius 1 is 0.960 bits per heavy atom. The van der Waals surface area contributed by atoms with Gasteiger partial charge in [-0.05, 0) is 47.5 Å². The second kappa shape index (κ2) is 6.84. The van der Waals surface area contributed by atoms with Crippen LogP contribution in [0.4, 0.5) is 11.4 Å². The van der Waals surface area contributed by atoms with Gasteiger partial charge in [0, 0.05) is 12.4 Å². The van der Waals surface area contributed by atoms with Crippen molar-refractivity contribution >= 4 is 23.3 Å². The molecule has 1 aromatic heterocycles. The highest BCUT2D eigenvalue weighted by Gasteiger charge is 2.10. The minimum absolute atomic E-state index is 0.212. The van der Waals surface area contributed by atoms with Gasteiger partial charge < -0.3 is 16.2 Å². The normalized spacial score (nSPS) is 10.2. The highest BCUT2D eigenvalue weighted by Crippen LogP contribution is 2.28. The molecule has 0 aliphatic rings. The lowest BCUT2D eigenvalue weighted by molar-refractivity contribution is 0.0696. The Bertz CT molecular complexity index is 922. The molecule has 124 valence electrons. The van der Waals surface area contributed by atoms with Gasteiger partial charge in [0.05, 0.1) is 22.5 Å². The number of aromatic carboxylic acids is 1. The van der Waals surface area contributed by atoms with Crippen LogP contribution < -0.4 is 11.1 Å². The molecule has 2 aromatic carbocycles. The van der Waals surface area contributed by atoms with E-state index in [2.05, 4.69) is 10.3 Å². The molecule has 0 saturated carbocycles. The number of carbonyl (C=O) groups is 2. The molecule has 3 rings (SSSR count). The van der Waals surface area contributed by atoms with Crippen molar-refractivity contribution in [3.05, 3.63) is 78.1 Å². The lowest BCUT2D eigenvalue weighted by Gasteiger charge is -2.11. The lowest BCUT2D eigenvalue weighted by Crippen LogP contribution is -2.13. The average molecular weight is 333 g/mol. The summed E-state index contributed by atoms with van der Waals surface area (Å²) >= 11 is 0. The number of aromatic nitrogens is 1. The molecule has 4 N–H and O–H groups in total. The molecule has 3 aromatic rings. The van der Waals surface area contributed by atoms with Crippen LogP contribution in [0.5, 0.6) is 0 Å². The smallest absolute Gasteiger partial charge is 0.335 e. The molecule has 1 heterocycles. The summed E-state index contributed by atoms with van der Waals surface area (Å²) in [6.45, 7) is 0. The fourth-order valence-electron chi connectivity index (χ4n) is 2.34. The Hall–Kier alpha value is -3.67. The number of nitrogens with one attached hydrogen (secondary N) is 1. The molecule has 6 nitrogen and oxygen atoms in total. The van der Waals surface area contributed by atoms with E-state index in [4.69, 9.17) is 10.8 Å². The molecule has 0 saturated heterocycles. The number of nitrogen functional groups attached to an aromatic ring is 1. The van der Waals surface area contributed by atoms with E-state index in [-0.39, 0.29) is 11.5 Å². The van der Waals surface area contributed by atoms with Gasteiger partial charge in [-0.2, -0.15) is 0 Å². The maximum absolute atomic E-state index is 12.3. The van der Waals surface area contributed by atoms with Gasteiger partial charge in [-0.3, -0.25) is 9.78 Å². The highest BCUT2D eigenvalue weighted by molar-refractivity contribution is 6.06. The van der Waals surface area contributed by atoms with Crippen molar-refractivity contribution in [2.45, 2.75) is 0 Å². The van der Waals surface area contributed by atoms with Crippen molar-refractivity contribution in [3.8, 4) is 11.1 Å². The van der Waals surface area contributed by atoms with Gasteiger partial charge in [-0.15, -0.1) is 0 Å². The number of carboxylic acid groups (broad SMARTS) is 1. The van der Waals surface area contributed by atoms with Crippen molar-refractivity contribution in [2.24, 2.45) is 0 Å². The van der Waals surface area contributed by atoms with Crippen molar-refractivity contribution in [3.63, 3.8) is 0 Å². The number of carbonyl (C=O) groups excluding carboxylic acids is 1. The predicted molar refractivity (Wildman–Crippen MR) is 95.4 cm³/mol. The van der Waals surface area contributed by atoms with Gasteiger partial charge in [-0.25, -0.2) is 4.79 Å². The predicted octanol–water partition coefficient (Wildman–Crippen LogP) is 3.28. The average Bonchev–Trinajstić information content (AvgIpc) is 2.64. The quantitative estimate of drug-likeness (QED) is 0.635. The highest BCUT2D eigenvalue weighted by atomic mass is 16.4. The van der Waals surface area contributed by atoms with Gasteiger partial charge in [0.25, 0.3) is 5.91 Å². The molecule has 0 atom stereocenters. The Morgan fingerprint density at radius 3 is 2.32 bits per heavy atom. The van der Waals surface area contributed by atoms with Crippen LogP contribution in [0.25, 0.3) is 11.1 Å². The number of hydrogen-bond acceptors (Lipinski definition) is 4. The van der Waals surface area contributed by atoms with Gasteiger partial charge in [-0.1, -0.05) is 18.2 Å². The number of hydrogen-bond donors (Lipinski definition) is 3. The molecule has 0 spiro atoms. The van der Waals surface area contributed by atoms with Crippen molar-refractivity contribution < 1.29 is 14.7 Å². The molecule has 1 amide bonds. The molecule has 0 bridgehead atoms. The topological polar surface area (TPSA) is 105 Å². The third kappa shape index (κ3) is 3.64. The van der Waals surface area contributed by atoms with E-state index < -0.39 is 5.97 Å². The number of rotatable bonds is 4. The number of amides is 1. The van der Waals surface area contributed by atoms with Crippen LogP contribution in [0.15, 0.2) is 67.0 Å². The van der Waals surface area contributed by atoms with E-state index in [1.807, 2.05) is 6.07 Å². The van der Waals surface area contributed by atoms with Crippen molar-refractivity contribution in [1.82, 2.24) is 4.98 Å². The molecular weight excluding hydrogens is 318 g/mol. The van der Waals surface area contributed by atoms with Gasteiger partial charge in [0.2, 0.25) is 0 Å². The number of nitrogens with zero attached hydrogens (tertiary/aromatic N) is 1. The van der Waals surface area contributed by atoms with E-state index in [1.54, 1.807) is 42.6 Å². The standard InChI is InChI=1S/C19H15N3O3/c20-16-8-7-14(12-3-5-13(6-4-12)19(24)25)10-17(16)22-18(23)15-2-1-9-21-11-15/h1-11H,20H2,(H,22,23)(H,24,25). The van der Waals surface area contributed by atoms with Gasteiger partial charge in [0.15, 0.2) is 0 Å². The summed E-state index contributed by atoms with van der Waals surface area (Å²) in [4.78, 5) is 27.1. The molecule has 25 heavy (non-hydrogen) atoms. The number of nitrogens with two attached hydrogens (primary N) is 1. The first kappa shape index (κ1) is 16.2. The summed E-state index contributed by atoms with van der Waals surface area (Å²) in [5.41, 5.74) is 9.14. The van der Waals surface area contributed by atoms with Crippen LogP contribution in [0.1, 0.15) is 20.7 Å². The molecule has 0 aliphatic heterocycles.